The van der Waals surface area contributed by atoms with Gasteiger partial charge in [0.1, 0.15) is 4.21 Å². The molecular weight excluding hydrogens is 360 g/mol. The number of nitrogens with one attached hydrogen (secondary N) is 2. The molecule has 1 aromatic rings. The van der Waals surface area contributed by atoms with Gasteiger partial charge in [-0.1, -0.05) is 37.8 Å². The molecule has 0 radical (unpaired) electrons. The van der Waals surface area contributed by atoms with Crippen LogP contribution in [0.5, 0.6) is 0 Å². The van der Waals surface area contributed by atoms with Crippen molar-refractivity contribution < 1.29 is 18.6 Å². The minimum absolute atomic E-state index is 0.0459. The highest BCUT2D eigenvalue weighted by molar-refractivity contribution is 7.91. The third-order valence-electron chi connectivity index (χ3n) is 3.44. The molecule has 9 heteroatoms. The first kappa shape index (κ1) is 20.8. The van der Waals surface area contributed by atoms with Crippen molar-refractivity contribution in [2.75, 3.05) is 19.8 Å². The van der Waals surface area contributed by atoms with Gasteiger partial charge in [0.05, 0.1) is 23.6 Å². The fourth-order valence-corrected chi connectivity index (χ4v) is 5.02. The molecule has 4 N–H and O–H groups in total. The summed E-state index contributed by atoms with van der Waals surface area (Å²) in [6.07, 6.45) is 3.72. The lowest BCUT2D eigenvalue weighted by atomic mass is 10.0. The van der Waals surface area contributed by atoms with Crippen LogP contribution in [0.3, 0.4) is 0 Å². The van der Waals surface area contributed by atoms with Gasteiger partial charge in [0, 0.05) is 12.6 Å². The summed E-state index contributed by atoms with van der Waals surface area (Å²) >= 11 is 6.76. The van der Waals surface area contributed by atoms with Crippen molar-refractivity contribution in [1.82, 2.24) is 10.0 Å². The summed E-state index contributed by atoms with van der Waals surface area (Å²) in [5.41, 5.74) is 0. The van der Waals surface area contributed by atoms with E-state index in [-0.39, 0.29) is 23.5 Å². The van der Waals surface area contributed by atoms with Crippen LogP contribution >= 0.6 is 22.9 Å². The van der Waals surface area contributed by atoms with Crippen LogP contribution in [0.4, 0.5) is 0 Å². The Morgan fingerprint density at radius 1 is 1.26 bits per heavy atom. The topological polar surface area (TPSA) is 98.7 Å². The van der Waals surface area contributed by atoms with Gasteiger partial charge < -0.3 is 15.5 Å². The molecule has 6 nitrogen and oxygen atoms in total. The number of rotatable bonds is 12. The van der Waals surface area contributed by atoms with Gasteiger partial charge >= 0.3 is 0 Å². The summed E-state index contributed by atoms with van der Waals surface area (Å²) in [4.78, 5) is 0. The molecule has 0 bridgehead atoms. The summed E-state index contributed by atoms with van der Waals surface area (Å²) in [5, 5.41) is 21.7. The number of hydrogen-bond acceptors (Lipinski definition) is 6. The molecular formula is C14H25ClN2O4S2. The minimum Gasteiger partial charge on any atom is -0.395 e. The molecule has 134 valence electrons. The van der Waals surface area contributed by atoms with Crippen LogP contribution < -0.4 is 10.0 Å². The van der Waals surface area contributed by atoms with Crippen LogP contribution in [0, 0.1) is 0 Å². The zero-order valence-electron chi connectivity index (χ0n) is 13.2. The normalized spacial score (nSPS) is 14.8. The molecule has 0 aliphatic rings. The van der Waals surface area contributed by atoms with Gasteiger partial charge in [-0.05, 0) is 18.6 Å². The first-order valence-corrected chi connectivity index (χ1v) is 10.3. The highest BCUT2D eigenvalue weighted by Gasteiger charge is 2.27. The Kier molecular flexibility index (Phi) is 9.60. The van der Waals surface area contributed by atoms with E-state index in [1.807, 2.05) is 0 Å². The summed E-state index contributed by atoms with van der Waals surface area (Å²) < 4.78 is 27.8. The van der Waals surface area contributed by atoms with Crippen LogP contribution in [-0.2, 0) is 10.0 Å². The molecule has 0 aliphatic carbocycles. The maximum absolute atomic E-state index is 12.4. The Morgan fingerprint density at radius 2 is 2.00 bits per heavy atom. The van der Waals surface area contributed by atoms with Crippen LogP contribution in [0.15, 0.2) is 16.3 Å². The van der Waals surface area contributed by atoms with Crippen LogP contribution in [0.1, 0.15) is 32.6 Å². The van der Waals surface area contributed by atoms with Gasteiger partial charge in [-0.3, -0.25) is 0 Å². The lowest BCUT2D eigenvalue weighted by molar-refractivity contribution is 0.209. The van der Waals surface area contributed by atoms with Crippen molar-refractivity contribution in [2.45, 2.75) is 48.9 Å². The summed E-state index contributed by atoms with van der Waals surface area (Å²) in [6, 6.07) is 2.06. The van der Waals surface area contributed by atoms with Gasteiger partial charge in [0.25, 0.3) is 0 Å². The number of sulfonamides is 1. The molecule has 0 aromatic carbocycles. The summed E-state index contributed by atoms with van der Waals surface area (Å²) in [5.74, 6) is 0. The molecule has 0 amide bonds. The summed E-state index contributed by atoms with van der Waals surface area (Å²) in [6.45, 7) is 2.06. The Balaban J connectivity index is 2.79. The molecule has 2 atom stereocenters. The van der Waals surface area contributed by atoms with Crippen molar-refractivity contribution in [3.63, 3.8) is 0 Å². The monoisotopic (exact) mass is 384 g/mol. The molecule has 0 saturated heterocycles. The van der Waals surface area contributed by atoms with Crippen molar-refractivity contribution in [1.29, 1.82) is 0 Å². The van der Waals surface area contributed by atoms with Gasteiger partial charge in [0.15, 0.2) is 0 Å². The number of halogens is 1. The van der Waals surface area contributed by atoms with Crippen molar-refractivity contribution in [3.8, 4) is 0 Å². The molecule has 1 rings (SSSR count). The predicted octanol–water partition coefficient (Wildman–Crippen LogP) is 1.57. The zero-order valence-corrected chi connectivity index (χ0v) is 15.6. The lowest BCUT2D eigenvalue weighted by Gasteiger charge is -2.27. The maximum Gasteiger partial charge on any atom is 0.250 e. The van der Waals surface area contributed by atoms with E-state index >= 15 is 0 Å². The first-order chi connectivity index (χ1) is 10.9. The largest absolute Gasteiger partial charge is 0.395 e. The van der Waals surface area contributed by atoms with Crippen LogP contribution in [0.2, 0.25) is 4.34 Å². The van der Waals surface area contributed by atoms with Crippen molar-refractivity contribution in [2.24, 2.45) is 0 Å². The van der Waals surface area contributed by atoms with Gasteiger partial charge in [-0.25, -0.2) is 13.1 Å². The Hall–Kier alpha value is -0.220. The molecule has 1 aromatic heterocycles. The van der Waals surface area contributed by atoms with E-state index in [0.717, 1.165) is 30.6 Å². The molecule has 23 heavy (non-hydrogen) atoms. The third kappa shape index (κ3) is 7.04. The Morgan fingerprint density at radius 3 is 2.52 bits per heavy atom. The SMILES string of the molecule is CCCCCC(NCCO)[C@H](CO)NS(=O)(=O)c1ccc(Cl)s1. The third-order valence-corrected chi connectivity index (χ3v) is 6.65. The molecule has 1 unspecified atom stereocenters. The molecule has 0 aliphatic heterocycles. The van der Waals surface area contributed by atoms with E-state index < -0.39 is 16.1 Å². The van der Waals surface area contributed by atoms with E-state index in [1.54, 1.807) is 0 Å². The highest BCUT2D eigenvalue weighted by Crippen LogP contribution is 2.25. The number of thiophene rings is 1. The van der Waals surface area contributed by atoms with Crippen LogP contribution in [0.25, 0.3) is 0 Å². The van der Waals surface area contributed by atoms with Gasteiger partial charge in [-0.15, -0.1) is 11.3 Å². The Bertz CT molecular complexity index is 551. The number of unbranched alkanes of at least 4 members (excludes halogenated alkanes) is 2. The Labute approximate surface area is 146 Å². The average molecular weight is 385 g/mol. The van der Waals surface area contributed by atoms with E-state index in [1.165, 1.54) is 12.1 Å². The first-order valence-electron chi connectivity index (χ1n) is 7.67. The second-order valence-corrected chi connectivity index (χ2v) is 8.90. The van der Waals surface area contributed by atoms with E-state index in [4.69, 9.17) is 16.7 Å². The highest BCUT2D eigenvalue weighted by atomic mass is 35.5. The second kappa shape index (κ2) is 10.6. The fourth-order valence-electron chi connectivity index (χ4n) is 2.26. The minimum atomic E-state index is -3.73. The predicted molar refractivity (Wildman–Crippen MR) is 93.5 cm³/mol. The van der Waals surface area contributed by atoms with Crippen molar-refractivity contribution >= 4 is 33.0 Å². The second-order valence-electron chi connectivity index (χ2n) is 5.25. The number of aliphatic hydroxyl groups excluding tert-OH is 2. The zero-order chi connectivity index (χ0) is 17.3. The van der Waals surface area contributed by atoms with Gasteiger partial charge in [0.2, 0.25) is 10.0 Å². The van der Waals surface area contributed by atoms with Crippen molar-refractivity contribution in [3.05, 3.63) is 16.5 Å². The molecule has 0 spiro atoms. The van der Waals surface area contributed by atoms with Gasteiger partial charge in [-0.2, -0.15) is 0 Å². The molecule has 0 fully saturated rings. The quantitative estimate of drug-likeness (QED) is 0.410. The molecule has 0 saturated carbocycles. The average Bonchev–Trinajstić information content (AvgIpc) is 2.96. The van der Waals surface area contributed by atoms with E-state index in [0.29, 0.717) is 17.3 Å². The maximum atomic E-state index is 12.4. The smallest absolute Gasteiger partial charge is 0.250 e. The lowest BCUT2D eigenvalue weighted by Crippen LogP contribution is -2.52. The fraction of sp³-hybridized carbons (Fsp3) is 0.714. The number of hydrogen-bond donors (Lipinski definition) is 4. The molecule has 1 heterocycles. The van der Waals surface area contributed by atoms with Crippen LogP contribution in [-0.4, -0.2) is 50.5 Å². The standard InChI is InChI=1S/C14H25ClN2O4S2/c1-2-3-4-5-11(16-8-9-18)12(10-19)17-23(20,21)14-7-6-13(15)22-14/h6-7,11-12,16-19H,2-5,8-10H2,1H3/t11?,12-/m0/s1. The van der Waals surface area contributed by atoms with E-state index in [2.05, 4.69) is 17.0 Å². The summed E-state index contributed by atoms with van der Waals surface area (Å²) in [7, 11) is -3.73. The number of aliphatic hydroxyl groups is 2. The van der Waals surface area contributed by atoms with E-state index in [9.17, 15) is 13.5 Å².